The fraction of sp³-hybridized carbons (Fsp3) is 0.583. The molecule has 0 aromatic carbocycles. The van der Waals surface area contributed by atoms with Gasteiger partial charge in [-0.05, 0) is 36.4 Å². The average Bonchev–Trinajstić information content (AvgIpc) is 2.17. The molecule has 0 saturated carbocycles. The molecule has 0 spiro atoms. The van der Waals surface area contributed by atoms with Gasteiger partial charge in [-0.3, -0.25) is 4.98 Å². The third kappa shape index (κ3) is 1.44. The molecule has 1 unspecified atom stereocenters. The second-order valence-corrected chi connectivity index (χ2v) is 4.82. The van der Waals surface area contributed by atoms with E-state index in [1.165, 1.54) is 17.7 Å². The van der Waals surface area contributed by atoms with Gasteiger partial charge in [0.15, 0.2) is 0 Å². The van der Waals surface area contributed by atoms with Gasteiger partial charge in [0.2, 0.25) is 0 Å². The smallest absolute Gasteiger partial charge is 0.0439 e. The van der Waals surface area contributed by atoms with E-state index in [0.29, 0.717) is 11.3 Å². The van der Waals surface area contributed by atoms with Crippen molar-refractivity contribution in [2.75, 3.05) is 6.54 Å². The second-order valence-electron chi connectivity index (χ2n) is 4.82. The van der Waals surface area contributed by atoms with Crippen molar-refractivity contribution in [3.8, 4) is 0 Å². The van der Waals surface area contributed by atoms with Crippen LogP contribution < -0.4 is 5.73 Å². The van der Waals surface area contributed by atoms with E-state index < -0.39 is 0 Å². The van der Waals surface area contributed by atoms with Gasteiger partial charge in [-0.1, -0.05) is 19.9 Å². The first-order chi connectivity index (χ1) is 6.65. The number of pyridine rings is 1. The summed E-state index contributed by atoms with van der Waals surface area (Å²) >= 11 is 0. The molecule has 1 atom stereocenters. The summed E-state index contributed by atoms with van der Waals surface area (Å²) in [6.07, 6.45) is 4.17. The Morgan fingerprint density at radius 3 is 3.07 bits per heavy atom. The SMILES string of the molecule is CC1(C)CCc2ncccc2C1CN. The van der Waals surface area contributed by atoms with Crippen molar-refractivity contribution in [3.05, 3.63) is 29.6 Å². The van der Waals surface area contributed by atoms with Crippen LogP contribution in [0.4, 0.5) is 0 Å². The standard InChI is InChI=1S/C12H18N2/c1-12(2)6-5-11-9(10(12)8-13)4-3-7-14-11/h3-4,7,10H,5-6,8,13H2,1-2H3. The van der Waals surface area contributed by atoms with Gasteiger partial charge in [0.1, 0.15) is 0 Å². The lowest BCUT2D eigenvalue weighted by Crippen LogP contribution is -2.33. The van der Waals surface area contributed by atoms with Gasteiger partial charge in [0.25, 0.3) is 0 Å². The van der Waals surface area contributed by atoms with Crippen molar-refractivity contribution in [1.29, 1.82) is 0 Å². The highest BCUT2D eigenvalue weighted by molar-refractivity contribution is 5.29. The lowest BCUT2D eigenvalue weighted by molar-refractivity contribution is 0.246. The van der Waals surface area contributed by atoms with Crippen LogP contribution in [0, 0.1) is 5.41 Å². The van der Waals surface area contributed by atoms with Crippen molar-refractivity contribution < 1.29 is 0 Å². The Morgan fingerprint density at radius 1 is 1.57 bits per heavy atom. The van der Waals surface area contributed by atoms with E-state index in [0.717, 1.165) is 13.0 Å². The summed E-state index contributed by atoms with van der Waals surface area (Å²) in [5, 5.41) is 0. The number of hydrogen-bond acceptors (Lipinski definition) is 2. The summed E-state index contributed by atoms with van der Waals surface area (Å²) in [7, 11) is 0. The van der Waals surface area contributed by atoms with Gasteiger partial charge in [0.05, 0.1) is 0 Å². The Balaban J connectivity index is 2.45. The molecule has 2 N–H and O–H groups in total. The van der Waals surface area contributed by atoms with Gasteiger partial charge >= 0.3 is 0 Å². The topological polar surface area (TPSA) is 38.9 Å². The van der Waals surface area contributed by atoms with Crippen LogP contribution in [0.1, 0.15) is 37.4 Å². The molecule has 0 amide bonds. The molecule has 0 saturated heterocycles. The Morgan fingerprint density at radius 2 is 2.36 bits per heavy atom. The predicted molar refractivity (Wildman–Crippen MR) is 58.1 cm³/mol. The van der Waals surface area contributed by atoms with E-state index in [-0.39, 0.29) is 0 Å². The van der Waals surface area contributed by atoms with Crippen LogP contribution in [0.3, 0.4) is 0 Å². The van der Waals surface area contributed by atoms with Crippen LogP contribution in [0.15, 0.2) is 18.3 Å². The van der Waals surface area contributed by atoms with Gasteiger partial charge in [0, 0.05) is 17.8 Å². The fourth-order valence-corrected chi connectivity index (χ4v) is 2.46. The molecule has 1 heterocycles. The molecule has 0 radical (unpaired) electrons. The molecular formula is C12H18N2. The number of rotatable bonds is 1. The molecule has 1 aliphatic carbocycles. The van der Waals surface area contributed by atoms with Crippen molar-refractivity contribution in [2.24, 2.45) is 11.1 Å². The molecule has 2 rings (SSSR count). The van der Waals surface area contributed by atoms with Crippen LogP contribution in [0.2, 0.25) is 0 Å². The van der Waals surface area contributed by atoms with Crippen LogP contribution in [-0.2, 0) is 6.42 Å². The quantitative estimate of drug-likeness (QED) is 0.736. The Hall–Kier alpha value is -0.890. The summed E-state index contributed by atoms with van der Waals surface area (Å²) in [5.41, 5.74) is 8.81. The number of aromatic nitrogens is 1. The maximum atomic E-state index is 5.87. The van der Waals surface area contributed by atoms with E-state index in [2.05, 4.69) is 24.9 Å². The summed E-state index contributed by atoms with van der Waals surface area (Å²) in [6.45, 7) is 5.34. The maximum Gasteiger partial charge on any atom is 0.0439 e. The van der Waals surface area contributed by atoms with Crippen molar-refractivity contribution >= 4 is 0 Å². The van der Waals surface area contributed by atoms with Crippen molar-refractivity contribution in [2.45, 2.75) is 32.6 Å². The predicted octanol–water partition coefficient (Wildman–Crippen LogP) is 2.10. The van der Waals surface area contributed by atoms with E-state index in [1.54, 1.807) is 0 Å². The van der Waals surface area contributed by atoms with Gasteiger partial charge in [-0.15, -0.1) is 0 Å². The number of nitrogens with zero attached hydrogens (tertiary/aromatic N) is 1. The monoisotopic (exact) mass is 190 g/mol. The first kappa shape index (κ1) is 9.66. The molecule has 1 aromatic heterocycles. The van der Waals surface area contributed by atoms with Gasteiger partial charge < -0.3 is 5.73 Å². The first-order valence-electron chi connectivity index (χ1n) is 5.29. The number of hydrogen-bond donors (Lipinski definition) is 1. The molecular weight excluding hydrogens is 172 g/mol. The lowest BCUT2D eigenvalue weighted by atomic mass is 9.67. The molecule has 0 bridgehead atoms. The summed E-state index contributed by atoms with van der Waals surface area (Å²) in [5.74, 6) is 0.472. The largest absolute Gasteiger partial charge is 0.330 e. The highest BCUT2D eigenvalue weighted by Crippen LogP contribution is 2.43. The maximum absolute atomic E-state index is 5.87. The number of fused-ring (bicyclic) bond motifs is 1. The first-order valence-corrected chi connectivity index (χ1v) is 5.29. The second kappa shape index (κ2) is 3.35. The molecule has 1 aliphatic rings. The van der Waals surface area contributed by atoms with E-state index in [4.69, 9.17) is 5.73 Å². The molecule has 1 aromatic rings. The third-order valence-corrected chi connectivity index (χ3v) is 3.49. The Kier molecular flexibility index (Phi) is 2.31. The molecule has 14 heavy (non-hydrogen) atoms. The zero-order valence-electron chi connectivity index (χ0n) is 8.96. The molecule has 2 heteroatoms. The molecule has 2 nitrogen and oxygen atoms in total. The van der Waals surface area contributed by atoms with E-state index in [1.807, 2.05) is 12.3 Å². The zero-order chi connectivity index (χ0) is 10.2. The third-order valence-electron chi connectivity index (χ3n) is 3.49. The zero-order valence-corrected chi connectivity index (χ0v) is 8.96. The Labute approximate surface area is 85.5 Å². The molecule has 76 valence electrons. The van der Waals surface area contributed by atoms with Gasteiger partial charge in [-0.25, -0.2) is 0 Å². The van der Waals surface area contributed by atoms with Crippen LogP contribution in [0.25, 0.3) is 0 Å². The van der Waals surface area contributed by atoms with Crippen LogP contribution >= 0.6 is 0 Å². The average molecular weight is 190 g/mol. The minimum Gasteiger partial charge on any atom is -0.330 e. The summed E-state index contributed by atoms with van der Waals surface area (Å²) < 4.78 is 0. The highest BCUT2D eigenvalue weighted by atomic mass is 14.7. The van der Waals surface area contributed by atoms with E-state index in [9.17, 15) is 0 Å². The fourth-order valence-electron chi connectivity index (χ4n) is 2.46. The normalized spacial score (nSPS) is 24.4. The minimum absolute atomic E-state index is 0.324. The van der Waals surface area contributed by atoms with Crippen molar-refractivity contribution in [3.63, 3.8) is 0 Å². The van der Waals surface area contributed by atoms with E-state index >= 15 is 0 Å². The van der Waals surface area contributed by atoms with Crippen LogP contribution in [-0.4, -0.2) is 11.5 Å². The number of aryl methyl sites for hydroxylation is 1. The highest BCUT2D eigenvalue weighted by Gasteiger charge is 2.35. The summed E-state index contributed by atoms with van der Waals surface area (Å²) in [6, 6.07) is 4.20. The lowest BCUT2D eigenvalue weighted by Gasteiger charge is -2.38. The number of nitrogens with two attached hydrogens (primary N) is 1. The Bertz CT molecular complexity index is 331. The van der Waals surface area contributed by atoms with Crippen LogP contribution in [0.5, 0.6) is 0 Å². The van der Waals surface area contributed by atoms with Gasteiger partial charge in [-0.2, -0.15) is 0 Å². The summed E-state index contributed by atoms with van der Waals surface area (Å²) in [4.78, 5) is 4.43. The minimum atomic E-state index is 0.324. The molecule has 0 aliphatic heterocycles. The van der Waals surface area contributed by atoms with Crippen molar-refractivity contribution in [1.82, 2.24) is 4.98 Å². The molecule has 0 fully saturated rings.